The molecule has 0 aliphatic heterocycles. The Morgan fingerprint density at radius 2 is 0.622 bits per heavy atom. The molecule has 1 nitrogen and oxygen atoms in total. The number of para-hydroxylation sites is 1. The van der Waals surface area contributed by atoms with Crippen LogP contribution in [0.1, 0.15) is 82.3 Å². The van der Waals surface area contributed by atoms with Crippen molar-refractivity contribution in [2.45, 2.75) is 42.9 Å². The van der Waals surface area contributed by atoms with E-state index in [0.717, 1.165) is 29.9 Å². The zero-order valence-electron chi connectivity index (χ0n) is 41.8. The fourth-order valence-electron chi connectivity index (χ4n) is 14.2. The standard InChI is InChI=1S/C73H55N/c1-3-71(4-2)63-39-21-19-37-62(63)70-61(38-25-42-66(70)71)60-36-20-24-43-69(60)74(54-44-46-58-56-34-17-22-40-64(56)72(67(58)48-54,50-26-9-5-10-27-50)51-28-11-6-12-29-51)55-45-47-59-57-35-18-23-41-65(57)73(68(59)49-55,52-30-13-7-14-31-52)53-32-15-8-16-33-53/h5-49H,3-4H2,1-2H3. The third kappa shape index (κ3) is 6.04. The summed E-state index contributed by atoms with van der Waals surface area (Å²) in [6, 6.07) is 103. The molecule has 11 aromatic rings. The van der Waals surface area contributed by atoms with Crippen LogP contribution in [0.25, 0.3) is 44.5 Å². The zero-order valence-corrected chi connectivity index (χ0v) is 41.8. The van der Waals surface area contributed by atoms with Crippen LogP contribution >= 0.6 is 0 Å². The topological polar surface area (TPSA) is 3.24 Å². The molecular weight excluding hydrogens is 891 g/mol. The molecule has 0 N–H and O–H groups in total. The lowest BCUT2D eigenvalue weighted by molar-refractivity contribution is 0.490. The molecule has 352 valence electrons. The highest BCUT2D eigenvalue weighted by molar-refractivity contribution is 6.00. The number of fused-ring (bicyclic) bond motifs is 9. The number of anilines is 3. The van der Waals surface area contributed by atoms with E-state index < -0.39 is 10.8 Å². The average Bonchev–Trinajstić information content (AvgIpc) is 4.10. The summed E-state index contributed by atoms with van der Waals surface area (Å²) in [4.78, 5) is 2.58. The third-order valence-corrected chi connectivity index (χ3v) is 17.3. The van der Waals surface area contributed by atoms with Gasteiger partial charge in [0, 0.05) is 22.4 Å². The molecule has 0 atom stereocenters. The molecule has 0 fully saturated rings. The summed E-state index contributed by atoms with van der Waals surface area (Å²) >= 11 is 0. The first-order chi connectivity index (χ1) is 36.6. The molecule has 0 unspecified atom stereocenters. The average molecular weight is 946 g/mol. The van der Waals surface area contributed by atoms with Crippen LogP contribution in [-0.4, -0.2) is 0 Å². The molecule has 0 bridgehead atoms. The van der Waals surface area contributed by atoms with Crippen molar-refractivity contribution in [1.29, 1.82) is 0 Å². The predicted molar refractivity (Wildman–Crippen MR) is 308 cm³/mol. The quantitative estimate of drug-likeness (QED) is 0.132. The van der Waals surface area contributed by atoms with E-state index in [1.807, 2.05) is 0 Å². The van der Waals surface area contributed by atoms with Crippen molar-refractivity contribution >= 4 is 17.1 Å². The van der Waals surface area contributed by atoms with Gasteiger partial charge in [-0.1, -0.05) is 257 Å². The van der Waals surface area contributed by atoms with Crippen molar-refractivity contribution in [3.8, 4) is 44.5 Å². The van der Waals surface area contributed by atoms with Crippen LogP contribution in [0.15, 0.2) is 273 Å². The maximum atomic E-state index is 2.58. The Labute approximate surface area is 435 Å². The second-order valence-corrected chi connectivity index (χ2v) is 20.4. The van der Waals surface area contributed by atoms with E-state index in [-0.39, 0.29) is 5.41 Å². The van der Waals surface area contributed by atoms with Crippen molar-refractivity contribution in [2.75, 3.05) is 4.90 Å². The predicted octanol–water partition coefficient (Wildman–Crippen LogP) is 18.6. The summed E-state index contributed by atoms with van der Waals surface area (Å²) in [5, 5.41) is 0. The van der Waals surface area contributed by atoms with Gasteiger partial charge in [0.15, 0.2) is 0 Å². The van der Waals surface area contributed by atoms with Crippen molar-refractivity contribution < 1.29 is 0 Å². The highest BCUT2D eigenvalue weighted by Crippen LogP contribution is 2.61. The molecule has 1 heteroatoms. The second-order valence-electron chi connectivity index (χ2n) is 20.4. The minimum Gasteiger partial charge on any atom is -0.310 e. The molecule has 0 radical (unpaired) electrons. The van der Waals surface area contributed by atoms with E-state index in [4.69, 9.17) is 0 Å². The van der Waals surface area contributed by atoms with Gasteiger partial charge in [-0.05, 0) is 138 Å². The maximum Gasteiger partial charge on any atom is 0.0714 e. The normalized spacial score (nSPS) is 14.5. The van der Waals surface area contributed by atoms with Crippen LogP contribution in [0.2, 0.25) is 0 Å². The Hall–Kier alpha value is -8.78. The molecule has 74 heavy (non-hydrogen) atoms. The molecule has 3 aliphatic carbocycles. The molecule has 0 spiro atoms. The minimum absolute atomic E-state index is 0.0586. The lowest BCUT2D eigenvalue weighted by atomic mass is 9.67. The van der Waals surface area contributed by atoms with E-state index in [0.29, 0.717) is 0 Å². The Morgan fingerprint density at radius 3 is 1.08 bits per heavy atom. The zero-order chi connectivity index (χ0) is 49.4. The highest BCUT2D eigenvalue weighted by atomic mass is 15.1. The van der Waals surface area contributed by atoms with Crippen molar-refractivity contribution in [3.05, 3.63) is 329 Å². The van der Waals surface area contributed by atoms with Gasteiger partial charge in [0.05, 0.1) is 16.5 Å². The van der Waals surface area contributed by atoms with Gasteiger partial charge < -0.3 is 4.90 Å². The number of rotatable bonds is 10. The van der Waals surface area contributed by atoms with Crippen LogP contribution in [-0.2, 0) is 16.2 Å². The maximum absolute atomic E-state index is 2.58. The summed E-state index contributed by atoms with van der Waals surface area (Å²) in [5.41, 5.74) is 25.4. The first-order valence-corrected chi connectivity index (χ1v) is 26.5. The van der Waals surface area contributed by atoms with E-state index in [1.165, 1.54) is 100 Å². The third-order valence-electron chi connectivity index (χ3n) is 17.3. The number of hydrogen-bond donors (Lipinski definition) is 0. The van der Waals surface area contributed by atoms with E-state index >= 15 is 0 Å². The van der Waals surface area contributed by atoms with Crippen LogP contribution < -0.4 is 4.90 Å². The van der Waals surface area contributed by atoms with E-state index in [2.05, 4.69) is 292 Å². The smallest absolute Gasteiger partial charge is 0.0714 e. The van der Waals surface area contributed by atoms with Gasteiger partial charge in [0.2, 0.25) is 0 Å². The van der Waals surface area contributed by atoms with Crippen LogP contribution in [0.3, 0.4) is 0 Å². The summed E-state index contributed by atoms with van der Waals surface area (Å²) < 4.78 is 0. The molecule has 3 aliphatic rings. The first kappa shape index (κ1) is 44.0. The minimum atomic E-state index is -0.571. The Morgan fingerprint density at radius 1 is 0.270 bits per heavy atom. The Kier molecular flexibility index (Phi) is 10.2. The number of nitrogens with zero attached hydrogens (tertiary/aromatic N) is 1. The summed E-state index contributed by atoms with van der Waals surface area (Å²) in [5.74, 6) is 0. The van der Waals surface area contributed by atoms with Gasteiger partial charge in [-0.25, -0.2) is 0 Å². The largest absolute Gasteiger partial charge is 0.310 e. The molecule has 0 saturated heterocycles. The van der Waals surface area contributed by atoms with Gasteiger partial charge >= 0.3 is 0 Å². The first-order valence-electron chi connectivity index (χ1n) is 26.5. The van der Waals surface area contributed by atoms with Crippen LogP contribution in [0.4, 0.5) is 17.1 Å². The fraction of sp³-hybridized carbons (Fsp3) is 0.0959. The van der Waals surface area contributed by atoms with Crippen LogP contribution in [0, 0.1) is 0 Å². The number of hydrogen-bond acceptors (Lipinski definition) is 1. The van der Waals surface area contributed by atoms with Gasteiger partial charge in [0.1, 0.15) is 0 Å². The molecule has 0 heterocycles. The SMILES string of the molecule is CCC1(CC)c2ccccc2-c2c(-c3ccccc3N(c3ccc4c(c3)C(c3ccccc3)(c3ccccc3)c3ccccc3-4)c3ccc4c(c3)C(c3ccccc3)(c3ccccc3)c3ccccc3-4)cccc21. The molecule has 11 aromatic carbocycles. The molecular formula is C73H55N. The highest BCUT2D eigenvalue weighted by Gasteiger charge is 2.49. The lowest BCUT2D eigenvalue weighted by Gasteiger charge is -2.36. The van der Waals surface area contributed by atoms with Crippen molar-refractivity contribution in [2.24, 2.45) is 0 Å². The second kappa shape index (κ2) is 17.2. The Balaban J connectivity index is 1.08. The van der Waals surface area contributed by atoms with Crippen molar-refractivity contribution in [3.63, 3.8) is 0 Å². The van der Waals surface area contributed by atoms with Gasteiger partial charge in [-0.2, -0.15) is 0 Å². The van der Waals surface area contributed by atoms with E-state index in [9.17, 15) is 0 Å². The number of benzene rings is 11. The van der Waals surface area contributed by atoms with Gasteiger partial charge in [-0.15, -0.1) is 0 Å². The fourth-order valence-corrected chi connectivity index (χ4v) is 14.2. The van der Waals surface area contributed by atoms with E-state index in [1.54, 1.807) is 0 Å². The van der Waals surface area contributed by atoms with Gasteiger partial charge in [-0.3, -0.25) is 0 Å². The molecule has 0 amide bonds. The lowest BCUT2D eigenvalue weighted by Crippen LogP contribution is -2.29. The summed E-state index contributed by atoms with van der Waals surface area (Å²) in [7, 11) is 0. The van der Waals surface area contributed by atoms with Crippen molar-refractivity contribution in [1.82, 2.24) is 0 Å². The van der Waals surface area contributed by atoms with Crippen LogP contribution in [0.5, 0.6) is 0 Å². The molecule has 0 aromatic heterocycles. The molecule has 14 rings (SSSR count). The van der Waals surface area contributed by atoms with Gasteiger partial charge in [0.25, 0.3) is 0 Å². The summed E-state index contributed by atoms with van der Waals surface area (Å²) in [6.45, 7) is 4.73. The molecule has 0 saturated carbocycles. The monoisotopic (exact) mass is 945 g/mol. The summed E-state index contributed by atoms with van der Waals surface area (Å²) in [6.07, 6.45) is 2.07. The Bertz CT molecular complexity index is 3660.